The number of allylic oxidation sites excluding steroid dienone is 2. The lowest BCUT2D eigenvalue weighted by Crippen LogP contribution is -2.22. The van der Waals surface area contributed by atoms with Crippen LogP contribution in [0.2, 0.25) is 0 Å². The number of aliphatic carboxylic acids is 1. The van der Waals surface area contributed by atoms with E-state index in [1.54, 1.807) is 19.2 Å². The number of phenols is 1. The number of rotatable bonds is 11. The van der Waals surface area contributed by atoms with Gasteiger partial charge in [-0.15, -0.1) is 0 Å². The van der Waals surface area contributed by atoms with Crippen molar-refractivity contribution in [2.24, 2.45) is 17.3 Å². The SMILES string of the molecule is CCCC(C(=O)O)C(CC=CCC12CCC(CC1)C2)c1ccc(-c2ccc(O)cc2)c(OC)c1. The third-order valence-electron chi connectivity index (χ3n) is 8.23. The average molecular weight is 463 g/mol. The van der Waals surface area contributed by atoms with Crippen molar-refractivity contribution in [3.8, 4) is 22.6 Å². The molecule has 0 radical (unpaired) electrons. The van der Waals surface area contributed by atoms with E-state index in [4.69, 9.17) is 4.74 Å². The Morgan fingerprint density at radius 2 is 1.88 bits per heavy atom. The third kappa shape index (κ3) is 5.32. The zero-order valence-corrected chi connectivity index (χ0v) is 20.5. The van der Waals surface area contributed by atoms with Gasteiger partial charge < -0.3 is 14.9 Å². The molecular weight excluding hydrogens is 424 g/mol. The Morgan fingerprint density at radius 1 is 1.15 bits per heavy atom. The molecule has 0 spiro atoms. The Kier molecular flexibility index (Phi) is 7.65. The highest BCUT2D eigenvalue weighted by atomic mass is 16.5. The van der Waals surface area contributed by atoms with Gasteiger partial charge in [0.1, 0.15) is 11.5 Å². The van der Waals surface area contributed by atoms with Gasteiger partial charge in [-0.25, -0.2) is 0 Å². The second-order valence-electron chi connectivity index (χ2n) is 10.4. The molecule has 2 aromatic rings. The summed E-state index contributed by atoms with van der Waals surface area (Å²) in [7, 11) is 1.65. The molecule has 4 heteroatoms. The molecule has 2 saturated carbocycles. The van der Waals surface area contributed by atoms with Gasteiger partial charge >= 0.3 is 5.97 Å². The number of hydrogen-bond donors (Lipinski definition) is 2. The van der Waals surface area contributed by atoms with Crippen molar-refractivity contribution in [1.29, 1.82) is 0 Å². The van der Waals surface area contributed by atoms with Gasteiger partial charge in [0, 0.05) is 11.5 Å². The van der Waals surface area contributed by atoms with Gasteiger partial charge in [0.25, 0.3) is 0 Å². The van der Waals surface area contributed by atoms with Crippen LogP contribution in [0.15, 0.2) is 54.6 Å². The zero-order valence-electron chi connectivity index (χ0n) is 20.5. The van der Waals surface area contributed by atoms with Crippen LogP contribution in [-0.4, -0.2) is 23.3 Å². The van der Waals surface area contributed by atoms with Crippen LogP contribution < -0.4 is 4.74 Å². The van der Waals surface area contributed by atoms with Crippen molar-refractivity contribution >= 4 is 5.97 Å². The van der Waals surface area contributed by atoms with Gasteiger partial charge in [0.2, 0.25) is 0 Å². The summed E-state index contributed by atoms with van der Waals surface area (Å²) in [4.78, 5) is 12.2. The lowest BCUT2D eigenvalue weighted by atomic mass is 9.79. The summed E-state index contributed by atoms with van der Waals surface area (Å²) in [5, 5.41) is 19.7. The lowest BCUT2D eigenvalue weighted by molar-refractivity contribution is -0.142. The number of hydrogen-bond acceptors (Lipinski definition) is 3. The minimum absolute atomic E-state index is 0.103. The molecule has 0 aliphatic heterocycles. The monoisotopic (exact) mass is 462 g/mol. The average Bonchev–Trinajstić information content (AvgIpc) is 3.44. The summed E-state index contributed by atoms with van der Waals surface area (Å²) in [5.41, 5.74) is 3.40. The van der Waals surface area contributed by atoms with E-state index in [0.29, 0.717) is 11.8 Å². The maximum atomic E-state index is 12.2. The van der Waals surface area contributed by atoms with Crippen LogP contribution in [0.25, 0.3) is 11.1 Å². The molecule has 0 heterocycles. The largest absolute Gasteiger partial charge is 0.508 e. The molecule has 2 atom stereocenters. The summed E-state index contributed by atoms with van der Waals surface area (Å²) in [6.45, 7) is 2.05. The van der Waals surface area contributed by atoms with Gasteiger partial charge in [0.15, 0.2) is 0 Å². The van der Waals surface area contributed by atoms with Gasteiger partial charge in [-0.2, -0.15) is 0 Å². The van der Waals surface area contributed by atoms with Crippen molar-refractivity contribution in [2.45, 2.75) is 70.6 Å². The quantitative estimate of drug-likeness (QED) is 0.338. The predicted molar refractivity (Wildman–Crippen MR) is 136 cm³/mol. The van der Waals surface area contributed by atoms with E-state index < -0.39 is 11.9 Å². The van der Waals surface area contributed by atoms with E-state index in [9.17, 15) is 15.0 Å². The molecule has 0 aromatic heterocycles. The first-order valence-corrected chi connectivity index (χ1v) is 12.8. The van der Waals surface area contributed by atoms with Crippen LogP contribution in [0.3, 0.4) is 0 Å². The van der Waals surface area contributed by atoms with Gasteiger partial charge in [-0.3, -0.25) is 4.79 Å². The van der Waals surface area contributed by atoms with Gasteiger partial charge in [-0.1, -0.05) is 49.8 Å². The summed E-state index contributed by atoms with van der Waals surface area (Å²) >= 11 is 0. The van der Waals surface area contributed by atoms with E-state index in [1.165, 1.54) is 32.1 Å². The Labute approximate surface area is 203 Å². The van der Waals surface area contributed by atoms with Crippen molar-refractivity contribution in [2.75, 3.05) is 7.11 Å². The maximum Gasteiger partial charge on any atom is 0.307 e. The van der Waals surface area contributed by atoms with Crippen molar-refractivity contribution in [1.82, 2.24) is 0 Å². The number of carboxylic acid groups (broad SMARTS) is 1. The Bertz CT molecular complexity index is 999. The minimum atomic E-state index is -0.727. The molecule has 2 aromatic carbocycles. The number of ether oxygens (including phenoxy) is 1. The minimum Gasteiger partial charge on any atom is -0.508 e. The van der Waals surface area contributed by atoms with E-state index in [1.807, 2.05) is 37.3 Å². The number of carboxylic acids is 1. The number of methoxy groups -OCH3 is 1. The van der Waals surface area contributed by atoms with Crippen LogP contribution in [0.5, 0.6) is 11.5 Å². The molecule has 2 unspecified atom stereocenters. The Morgan fingerprint density at radius 3 is 2.47 bits per heavy atom. The smallest absolute Gasteiger partial charge is 0.307 e. The molecule has 4 nitrogen and oxygen atoms in total. The molecule has 0 saturated heterocycles. The summed E-state index contributed by atoms with van der Waals surface area (Å²) < 4.78 is 5.72. The van der Waals surface area contributed by atoms with Crippen molar-refractivity contribution in [3.63, 3.8) is 0 Å². The normalized spacial score (nSPS) is 23.3. The second-order valence-corrected chi connectivity index (χ2v) is 10.4. The molecule has 4 rings (SSSR count). The van der Waals surface area contributed by atoms with E-state index in [-0.39, 0.29) is 11.7 Å². The Balaban J connectivity index is 1.58. The predicted octanol–water partition coefficient (Wildman–Crippen LogP) is 7.57. The molecule has 182 valence electrons. The molecular formula is C30H38O4. The maximum absolute atomic E-state index is 12.2. The fourth-order valence-electron chi connectivity index (χ4n) is 6.33. The van der Waals surface area contributed by atoms with E-state index in [2.05, 4.69) is 12.2 Å². The molecule has 34 heavy (non-hydrogen) atoms. The Hall–Kier alpha value is -2.75. The number of phenolic OH excluding ortho intramolecular Hbond substituents is 1. The van der Waals surface area contributed by atoms with Gasteiger partial charge in [0.05, 0.1) is 13.0 Å². The summed E-state index contributed by atoms with van der Waals surface area (Å²) in [5.74, 6) is 0.629. The van der Waals surface area contributed by atoms with E-state index >= 15 is 0 Å². The highest BCUT2D eigenvalue weighted by Crippen LogP contribution is 2.56. The molecule has 2 bridgehead atoms. The zero-order chi connectivity index (χ0) is 24.1. The molecule has 0 amide bonds. The fraction of sp³-hybridized carbons (Fsp3) is 0.500. The van der Waals surface area contributed by atoms with Crippen LogP contribution in [0.1, 0.15) is 76.2 Å². The molecule has 2 aliphatic carbocycles. The van der Waals surface area contributed by atoms with Crippen LogP contribution >= 0.6 is 0 Å². The standard InChI is InChI=1S/C30H38O4/c1-3-6-27(29(32)33)25(7-4-5-16-30-17-14-21(20-30)15-18-30)23-10-13-26(28(19-23)34-2)22-8-11-24(31)12-9-22/h4-5,8-13,19,21,25,27,31H,3,6-7,14-18,20H2,1-2H3,(H,32,33). The first kappa shape index (κ1) is 24.4. The third-order valence-corrected chi connectivity index (χ3v) is 8.23. The first-order chi connectivity index (χ1) is 16.4. The first-order valence-electron chi connectivity index (χ1n) is 12.8. The lowest BCUT2D eigenvalue weighted by Gasteiger charge is -2.26. The van der Waals surface area contributed by atoms with Crippen molar-refractivity contribution < 1.29 is 19.7 Å². The van der Waals surface area contributed by atoms with E-state index in [0.717, 1.165) is 47.6 Å². The second kappa shape index (κ2) is 10.7. The van der Waals surface area contributed by atoms with Crippen LogP contribution in [-0.2, 0) is 4.79 Å². The number of carbonyl (C=O) groups is 1. The number of fused-ring (bicyclic) bond motifs is 2. The molecule has 2 aliphatic rings. The number of aromatic hydroxyl groups is 1. The summed E-state index contributed by atoms with van der Waals surface area (Å²) in [6.07, 6.45) is 14.8. The molecule has 2 fully saturated rings. The van der Waals surface area contributed by atoms with Gasteiger partial charge in [-0.05, 0) is 92.0 Å². The topological polar surface area (TPSA) is 66.8 Å². The summed E-state index contributed by atoms with van der Waals surface area (Å²) in [6, 6.07) is 13.1. The fourth-order valence-corrected chi connectivity index (χ4v) is 6.33. The van der Waals surface area contributed by atoms with Crippen molar-refractivity contribution in [3.05, 3.63) is 60.2 Å². The molecule has 2 N–H and O–H groups in total. The van der Waals surface area contributed by atoms with Crippen LogP contribution in [0, 0.1) is 17.3 Å². The highest BCUT2D eigenvalue weighted by Gasteiger charge is 2.43. The number of benzene rings is 2. The highest BCUT2D eigenvalue weighted by molar-refractivity contribution is 5.73. The van der Waals surface area contributed by atoms with Crippen LogP contribution in [0.4, 0.5) is 0 Å².